The standard InChI is InChI=1S/C17H18Br2O2/c1-10-6-5-7-11(2)16(10)17(19)12-8-15(21-4)13(18)9-14(12)20-3/h5-9,17H,1-4H3. The van der Waals surface area contributed by atoms with Crippen molar-refractivity contribution in [2.24, 2.45) is 0 Å². The summed E-state index contributed by atoms with van der Waals surface area (Å²) in [5.74, 6) is 1.62. The summed E-state index contributed by atoms with van der Waals surface area (Å²) in [6, 6.07) is 10.3. The molecule has 0 aliphatic carbocycles. The number of alkyl halides is 1. The van der Waals surface area contributed by atoms with Crippen molar-refractivity contribution in [1.29, 1.82) is 0 Å². The molecule has 0 aliphatic rings. The zero-order valence-electron chi connectivity index (χ0n) is 12.5. The highest BCUT2D eigenvalue weighted by Gasteiger charge is 2.21. The number of benzene rings is 2. The van der Waals surface area contributed by atoms with Crippen LogP contribution >= 0.6 is 31.9 Å². The first-order chi connectivity index (χ1) is 9.99. The number of hydrogen-bond acceptors (Lipinski definition) is 2. The van der Waals surface area contributed by atoms with Gasteiger partial charge in [-0.3, -0.25) is 0 Å². The Morgan fingerprint density at radius 1 is 0.952 bits per heavy atom. The molecular formula is C17H18Br2O2. The Kier molecular flexibility index (Phi) is 5.33. The van der Waals surface area contributed by atoms with E-state index in [0.29, 0.717) is 0 Å². The number of ether oxygens (including phenoxy) is 2. The van der Waals surface area contributed by atoms with Crippen LogP contribution < -0.4 is 9.47 Å². The smallest absolute Gasteiger partial charge is 0.133 e. The molecule has 0 radical (unpaired) electrons. The molecule has 0 aromatic heterocycles. The van der Waals surface area contributed by atoms with Crippen molar-refractivity contribution in [1.82, 2.24) is 0 Å². The average Bonchev–Trinajstić information content (AvgIpc) is 2.46. The largest absolute Gasteiger partial charge is 0.496 e. The quantitative estimate of drug-likeness (QED) is 0.610. The molecule has 0 fully saturated rings. The van der Waals surface area contributed by atoms with Gasteiger partial charge in [0.25, 0.3) is 0 Å². The zero-order valence-corrected chi connectivity index (χ0v) is 15.7. The summed E-state index contributed by atoms with van der Waals surface area (Å²) in [7, 11) is 3.35. The Balaban J connectivity index is 2.59. The zero-order chi connectivity index (χ0) is 15.6. The molecule has 2 aromatic rings. The molecule has 4 heteroatoms. The summed E-state index contributed by atoms with van der Waals surface area (Å²) in [6.07, 6.45) is 0. The summed E-state index contributed by atoms with van der Waals surface area (Å²) in [6.45, 7) is 4.25. The maximum atomic E-state index is 5.53. The van der Waals surface area contributed by atoms with Gasteiger partial charge in [0.2, 0.25) is 0 Å². The van der Waals surface area contributed by atoms with Crippen molar-refractivity contribution in [3.05, 3.63) is 57.1 Å². The highest BCUT2D eigenvalue weighted by molar-refractivity contribution is 9.10. The molecule has 2 nitrogen and oxygen atoms in total. The van der Waals surface area contributed by atoms with Crippen LogP contribution in [0.1, 0.15) is 27.1 Å². The van der Waals surface area contributed by atoms with Crippen molar-refractivity contribution in [3.63, 3.8) is 0 Å². The van der Waals surface area contributed by atoms with Crippen LogP contribution in [0, 0.1) is 13.8 Å². The van der Waals surface area contributed by atoms with Gasteiger partial charge in [-0.15, -0.1) is 0 Å². The first-order valence-electron chi connectivity index (χ1n) is 6.61. The van der Waals surface area contributed by atoms with Gasteiger partial charge in [0, 0.05) is 5.56 Å². The second-order valence-corrected chi connectivity index (χ2v) is 6.67. The predicted octanol–water partition coefficient (Wildman–Crippen LogP) is 5.57. The number of aryl methyl sites for hydroxylation is 2. The molecule has 0 amide bonds. The van der Waals surface area contributed by atoms with Gasteiger partial charge < -0.3 is 9.47 Å². The van der Waals surface area contributed by atoms with Gasteiger partial charge in [-0.1, -0.05) is 34.1 Å². The third-order valence-electron chi connectivity index (χ3n) is 3.57. The monoisotopic (exact) mass is 412 g/mol. The van der Waals surface area contributed by atoms with E-state index in [1.807, 2.05) is 12.1 Å². The molecule has 2 rings (SSSR count). The minimum Gasteiger partial charge on any atom is -0.496 e. The van der Waals surface area contributed by atoms with Gasteiger partial charge in [-0.25, -0.2) is 0 Å². The number of methoxy groups -OCH3 is 2. The summed E-state index contributed by atoms with van der Waals surface area (Å²) in [5.41, 5.74) is 4.82. The lowest BCUT2D eigenvalue weighted by Crippen LogP contribution is -2.02. The van der Waals surface area contributed by atoms with Gasteiger partial charge in [-0.2, -0.15) is 0 Å². The Hall–Kier alpha value is -1.00. The lowest BCUT2D eigenvalue weighted by Gasteiger charge is -2.20. The Morgan fingerprint density at radius 2 is 1.52 bits per heavy atom. The van der Waals surface area contributed by atoms with E-state index in [-0.39, 0.29) is 4.83 Å². The van der Waals surface area contributed by atoms with Crippen molar-refractivity contribution in [2.45, 2.75) is 18.7 Å². The van der Waals surface area contributed by atoms with Crippen molar-refractivity contribution in [2.75, 3.05) is 14.2 Å². The fraction of sp³-hybridized carbons (Fsp3) is 0.294. The van der Waals surface area contributed by atoms with Crippen LogP contribution in [0.25, 0.3) is 0 Å². The summed E-state index contributed by atoms with van der Waals surface area (Å²) < 4.78 is 11.8. The molecule has 0 N–H and O–H groups in total. The Labute approximate surface area is 142 Å². The molecule has 0 heterocycles. The normalized spacial score (nSPS) is 12.1. The first-order valence-corrected chi connectivity index (χ1v) is 8.32. The number of halogens is 2. The van der Waals surface area contributed by atoms with E-state index in [1.165, 1.54) is 16.7 Å². The van der Waals surface area contributed by atoms with E-state index in [0.717, 1.165) is 21.5 Å². The molecule has 112 valence electrons. The van der Waals surface area contributed by atoms with Crippen molar-refractivity contribution in [3.8, 4) is 11.5 Å². The van der Waals surface area contributed by atoms with Gasteiger partial charge in [0.1, 0.15) is 11.5 Å². The predicted molar refractivity (Wildman–Crippen MR) is 93.9 cm³/mol. The van der Waals surface area contributed by atoms with E-state index in [2.05, 4.69) is 63.9 Å². The van der Waals surface area contributed by atoms with Gasteiger partial charge >= 0.3 is 0 Å². The molecule has 2 aromatic carbocycles. The minimum atomic E-state index is 0.0515. The maximum absolute atomic E-state index is 5.53. The molecule has 21 heavy (non-hydrogen) atoms. The summed E-state index contributed by atoms with van der Waals surface area (Å²) >= 11 is 7.32. The highest BCUT2D eigenvalue weighted by Crippen LogP contribution is 2.43. The highest BCUT2D eigenvalue weighted by atomic mass is 79.9. The fourth-order valence-corrected chi connectivity index (χ4v) is 4.03. The molecule has 0 spiro atoms. The topological polar surface area (TPSA) is 18.5 Å². The second kappa shape index (κ2) is 6.84. The first kappa shape index (κ1) is 16.4. The van der Waals surface area contributed by atoms with Gasteiger partial charge in [0.15, 0.2) is 0 Å². The van der Waals surface area contributed by atoms with Crippen LogP contribution in [0.3, 0.4) is 0 Å². The van der Waals surface area contributed by atoms with E-state index in [1.54, 1.807) is 14.2 Å². The molecule has 0 saturated carbocycles. The number of rotatable bonds is 4. The van der Waals surface area contributed by atoms with Crippen molar-refractivity contribution >= 4 is 31.9 Å². The van der Waals surface area contributed by atoms with Crippen LogP contribution in [0.2, 0.25) is 0 Å². The second-order valence-electron chi connectivity index (χ2n) is 4.90. The molecule has 1 atom stereocenters. The van der Waals surface area contributed by atoms with E-state index >= 15 is 0 Å². The molecule has 1 unspecified atom stereocenters. The van der Waals surface area contributed by atoms with Crippen LogP contribution in [0.15, 0.2) is 34.8 Å². The lowest BCUT2D eigenvalue weighted by atomic mass is 9.95. The Morgan fingerprint density at radius 3 is 2.05 bits per heavy atom. The average molecular weight is 414 g/mol. The lowest BCUT2D eigenvalue weighted by molar-refractivity contribution is 0.397. The van der Waals surface area contributed by atoms with Crippen LogP contribution in [0.5, 0.6) is 11.5 Å². The number of hydrogen-bond donors (Lipinski definition) is 0. The van der Waals surface area contributed by atoms with Crippen LogP contribution in [-0.2, 0) is 0 Å². The van der Waals surface area contributed by atoms with Crippen LogP contribution in [-0.4, -0.2) is 14.2 Å². The molecule has 0 bridgehead atoms. The van der Waals surface area contributed by atoms with E-state index in [4.69, 9.17) is 9.47 Å². The minimum absolute atomic E-state index is 0.0515. The fourth-order valence-electron chi connectivity index (χ4n) is 2.46. The van der Waals surface area contributed by atoms with Gasteiger partial charge in [0.05, 0.1) is 23.5 Å². The van der Waals surface area contributed by atoms with Crippen LogP contribution in [0.4, 0.5) is 0 Å². The third kappa shape index (κ3) is 3.27. The Bertz CT molecular complexity index is 633. The maximum Gasteiger partial charge on any atom is 0.133 e. The third-order valence-corrected chi connectivity index (χ3v) is 5.14. The molecule has 0 saturated heterocycles. The molecular weight excluding hydrogens is 396 g/mol. The van der Waals surface area contributed by atoms with E-state index in [9.17, 15) is 0 Å². The summed E-state index contributed by atoms with van der Waals surface area (Å²) in [5, 5.41) is 0. The van der Waals surface area contributed by atoms with E-state index < -0.39 is 0 Å². The summed E-state index contributed by atoms with van der Waals surface area (Å²) in [4.78, 5) is 0.0515. The van der Waals surface area contributed by atoms with Gasteiger partial charge in [-0.05, 0) is 58.6 Å². The SMILES string of the molecule is COc1cc(C(Br)c2c(C)cccc2C)c(OC)cc1Br. The van der Waals surface area contributed by atoms with Crippen molar-refractivity contribution < 1.29 is 9.47 Å². The molecule has 0 aliphatic heterocycles.